The van der Waals surface area contributed by atoms with Crippen LogP contribution in [0.25, 0.3) is 11.1 Å². The first-order valence-electron chi connectivity index (χ1n) is 6.37. The molecule has 0 radical (unpaired) electrons. The molecule has 3 nitrogen and oxygen atoms in total. The van der Waals surface area contributed by atoms with Gasteiger partial charge < -0.3 is 9.47 Å². The third-order valence-electron chi connectivity index (χ3n) is 2.72. The van der Waals surface area contributed by atoms with Gasteiger partial charge in [-0.25, -0.2) is 4.79 Å². The Morgan fingerprint density at radius 1 is 0.955 bits per heavy atom. The number of para-hydroxylation sites is 1. The molecule has 118 valence electrons. The van der Waals surface area contributed by atoms with Crippen molar-refractivity contribution in [2.24, 2.45) is 0 Å². The predicted molar refractivity (Wildman–Crippen MR) is 92.0 cm³/mol. The molecule has 0 N–H and O–H groups in total. The molecule has 0 aliphatic rings. The quantitative estimate of drug-likeness (QED) is 0.439. The third kappa shape index (κ3) is 5.44. The van der Waals surface area contributed by atoms with Crippen LogP contribution in [0.5, 0.6) is 5.75 Å². The molecule has 0 bridgehead atoms. The zero-order valence-electron chi connectivity index (χ0n) is 11.1. The van der Waals surface area contributed by atoms with Crippen LogP contribution in [0.1, 0.15) is 14.9 Å². The predicted octanol–water partition coefficient (Wildman–Crippen LogP) is 4.73. The molecule has 0 saturated carbocycles. The second-order valence-electron chi connectivity index (χ2n) is 4.08. The fourth-order valence-electron chi connectivity index (χ4n) is 1.80. The molecule has 0 fully saturated rings. The molecule has 2 aromatic carbocycles. The molecule has 3 heteroatoms. The maximum atomic E-state index is 10.9. The summed E-state index contributed by atoms with van der Waals surface area (Å²) in [5.41, 5.74) is 2.11. The monoisotopic (exact) mass is 300 g/mol. The van der Waals surface area contributed by atoms with Crippen molar-refractivity contribution in [3.8, 4) is 16.9 Å². The van der Waals surface area contributed by atoms with Crippen molar-refractivity contribution < 1.29 is 14.3 Å². The van der Waals surface area contributed by atoms with Gasteiger partial charge >= 0.3 is 5.97 Å². The van der Waals surface area contributed by atoms with Crippen LogP contribution in [0, 0.1) is 0 Å². The number of carbonyl (C=O) groups excluding carboxylic acids is 1. The zero-order chi connectivity index (χ0) is 14.2. The van der Waals surface area contributed by atoms with Gasteiger partial charge in [-0.15, -0.1) is 0 Å². The van der Waals surface area contributed by atoms with Crippen molar-refractivity contribution in [3.63, 3.8) is 0 Å². The Kier molecular flexibility index (Phi) is 9.03. The molecule has 0 aliphatic carbocycles. The number of rotatable bonds is 6. The zero-order valence-corrected chi connectivity index (χ0v) is 11.1. The Morgan fingerprint density at radius 3 is 2.27 bits per heavy atom. The van der Waals surface area contributed by atoms with Crippen LogP contribution in [0.3, 0.4) is 0 Å². The summed E-state index contributed by atoms with van der Waals surface area (Å²) in [5, 5.41) is 0. The van der Waals surface area contributed by atoms with Gasteiger partial charge in [-0.05, 0) is 11.6 Å². The van der Waals surface area contributed by atoms with Crippen LogP contribution in [-0.2, 0) is 9.53 Å². The summed E-state index contributed by atoms with van der Waals surface area (Å²) in [6.45, 7) is 3.85. The Bertz CT molecular complexity index is 576. The van der Waals surface area contributed by atoms with Gasteiger partial charge in [-0.2, -0.15) is 0 Å². The van der Waals surface area contributed by atoms with Crippen LogP contribution < -0.4 is 4.74 Å². The molecule has 2 rings (SSSR count). The van der Waals surface area contributed by atoms with E-state index in [2.05, 4.69) is 6.58 Å². The topological polar surface area (TPSA) is 35.5 Å². The van der Waals surface area contributed by atoms with Crippen molar-refractivity contribution in [1.29, 1.82) is 0 Å². The summed E-state index contributed by atoms with van der Waals surface area (Å²) >= 11 is 0. The summed E-state index contributed by atoms with van der Waals surface area (Å²) in [4.78, 5) is 10.9. The van der Waals surface area contributed by atoms with Crippen molar-refractivity contribution >= 4 is 5.97 Å². The largest absolute Gasteiger partial charge is 0.489 e. The number of carbonyl (C=O) groups is 1. The van der Waals surface area contributed by atoms with Gasteiger partial charge in [0.05, 0.1) is 0 Å². The highest BCUT2D eigenvalue weighted by atomic mass is 16.6. The summed E-state index contributed by atoms with van der Waals surface area (Å²) in [5.74, 6) is 0.332. The van der Waals surface area contributed by atoms with Crippen LogP contribution in [0.2, 0.25) is 0 Å². The van der Waals surface area contributed by atoms with Crippen LogP contribution in [-0.4, -0.2) is 19.2 Å². The smallest absolute Gasteiger partial charge is 0.330 e. The molecule has 0 unspecified atom stereocenters. The molecule has 0 spiro atoms. The van der Waals surface area contributed by atoms with E-state index in [9.17, 15) is 4.79 Å². The first-order valence-corrected chi connectivity index (χ1v) is 6.37. The van der Waals surface area contributed by atoms with Gasteiger partial charge in [0.2, 0.25) is 0 Å². The maximum Gasteiger partial charge on any atom is 0.330 e. The average molecular weight is 300 g/mol. The van der Waals surface area contributed by atoms with E-state index in [-0.39, 0.29) is 21.5 Å². The van der Waals surface area contributed by atoms with E-state index >= 15 is 0 Å². The third-order valence-corrected chi connectivity index (χ3v) is 2.72. The summed E-state index contributed by atoms with van der Waals surface area (Å²) < 4.78 is 10.6. The van der Waals surface area contributed by atoms with E-state index in [1.54, 1.807) is 0 Å². The minimum atomic E-state index is -0.440. The number of hydrogen-bond donors (Lipinski definition) is 0. The molecule has 22 heavy (non-hydrogen) atoms. The lowest BCUT2D eigenvalue weighted by Crippen LogP contribution is -2.10. The van der Waals surface area contributed by atoms with Gasteiger partial charge in [0, 0.05) is 11.6 Å². The minimum Gasteiger partial charge on any atom is -0.489 e. The number of esters is 1. The Morgan fingerprint density at radius 2 is 1.59 bits per heavy atom. The molecule has 2 aromatic rings. The molecule has 0 atom stereocenters. The van der Waals surface area contributed by atoms with Gasteiger partial charge in [0.25, 0.3) is 0 Å². The highest BCUT2D eigenvalue weighted by molar-refractivity contribution is 5.81. The second kappa shape index (κ2) is 10.2. The Hall–Kier alpha value is -2.55. The molecule has 0 amide bonds. The van der Waals surface area contributed by atoms with Crippen LogP contribution >= 0.6 is 0 Å². The van der Waals surface area contributed by atoms with Gasteiger partial charge in [-0.1, -0.05) is 70.0 Å². The Labute approximate surface area is 133 Å². The van der Waals surface area contributed by atoms with Crippen LogP contribution in [0.4, 0.5) is 0 Å². The molecule has 0 saturated heterocycles. The van der Waals surface area contributed by atoms with E-state index in [4.69, 9.17) is 9.47 Å². The van der Waals surface area contributed by atoms with Crippen LogP contribution in [0.15, 0.2) is 67.3 Å². The van der Waals surface area contributed by atoms with Crippen molar-refractivity contribution in [1.82, 2.24) is 0 Å². The molecular weight excluding hydrogens is 276 g/mol. The molecule has 0 aromatic heterocycles. The SMILES string of the molecule is C.C.C=CC(=O)OCCOc1ccccc1-c1ccccc1. The number of ether oxygens (including phenoxy) is 2. The van der Waals surface area contributed by atoms with E-state index in [1.807, 2.05) is 54.6 Å². The lowest BCUT2D eigenvalue weighted by atomic mass is 10.1. The van der Waals surface area contributed by atoms with Gasteiger partial charge in [0.15, 0.2) is 0 Å². The van der Waals surface area contributed by atoms with Crippen molar-refractivity contribution in [2.75, 3.05) is 13.2 Å². The first-order chi connectivity index (χ1) is 9.81. The summed E-state index contributed by atoms with van der Waals surface area (Å²) in [6.07, 6.45) is 1.14. The number of hydrogen-bond acceptors (Lipinski definition) is 3. The lowest BCUT2D eigenvalue weighted by molar-refractivity contribution is -0.138. The van der Waals surface area contributed by atoms with Crippen molar-refractivity contribution in [2.45, 2.75) is 14.9 Å². The molecule has 0 aliphatic heterocycles. The van der Waals surface area contributed by atoms with E-state index in [1.165, 1.54) is 0 Å². The standard InChI is InChI=1S/C17H16O3.2CH4/c1-2-17(18)20-13-12-19-16-11-7-6-10-15(16)14-8-4-3-5-9-14;;/h2-11H,1,12-13H2;2*1H4. The lowest BCUT2D eigenvalue weighted by Gasteiger charge is -2.11. The highest BCUT2D eigenvalue weighted by Crippen LogP contribution is 2.29. The van der Waals surface area contributed by atoms with Gasteiger partial charge in [-0.3, -0.25) is 0 Å². The fraction of sp³-hybridized carbons (Fsp3) is 0.211. The second-order valence-corrected chi connectivity index (χ2v) is 4.08. The first kappa shape index (κ1) is 19.5. The minimum absolute atomic E-state index is 0. The maximum absolute atomic E-state index is 10.9. The normalized spacial score (nSPS) is 8.91. The highest BCUT2D eigenvalue weighted by Gasteiger charge is 2.05. The van der Waals surface area contributed by atoms with Crippen molar-refractivity contribution in [3.05, 3.63) is 67.3 Å². The summed E-state index contributed by atoms with van der Waals surface area (Å²) in [6, 6.07) is 17.8. The van der Waals surface area contributed by atoms with E-state index in [0.29, 0.717) is 6.61 Å². The van der Waals surface area contributed by atoms with E-state index in [0.717, 1.165) is 23.0 Å². The summed E-state index contributed by atoms with van der Waals surface area (Å²) in [7, 11) is 0. The average Bonchev–Trinajstić information content (AvgIpc) is 2.52. The number of benzene rings is 2. The van der Waals surface area contributed by atoms with E-state index < -0.39 is 5.97 Å². The molecule has 0 heterocycles. The Balaban J connectivity index is 0.00000220. The fourth-order valence-corrected chi connectivity index (χ4v) is 1.80. The van der Waals surface area contributed by atoms with Gasteiger partial charge in [0.1, 0.15) is 19.0 Å². The molecular formula is C19H24O3.